The van der Waals surface area contributed by atoms with Gasteiger partial charge in [-0.1, -0.05) is 6.07 Å². The molecule has 1 aromatic carbocycles. The average molecular weight is 410 g/mol. The summed E-state index contributed by atoms with van der Waals surface area (Å²) in [6, 6.07) is 5.02. The van der Waals surface area contributed by atoms with Crippen molar-refractivity contribution in [1.82, 2.24) is 20.4 Å². The molecular weight excluding hydrogens is 384 g/mol. The zero-order valence-electron chi connectivity index (χ0n) is 16.9. The minimum absolute atomic E-state index is 0.126. The topological polar surface area (TPSA) is 98.8 Å². The van der Waals surface area contributed by atoms with Gasteiger partial charge in [-0.05, 0) is 62.4 Å². The van der Waals surface area contributed by atoms with Crippen LogP contribution in [0.2, 0.25) is 0 Å². The second-order valence-electron chi connectivity index (χ2n) is 8.76. The molecular formula is C22H26N4O4. The molecule has 4 aliphatic rings. The van der Waals surface area contributed by atoms with E-state index < -0.39 is 23.8 Å². The summed E-state index contributed by atoms with van der Waals surface area (Å²) in [4.78, 5) is 53.0. The molecule has 3 saturated heterocycles. The standard InChI is InChI=1S/C22H26N4O4/c27-19-6-5-17(20(28)24-19)26-21(29)15-4-3-13(10-16(15)22(26)30)12-25-9-1-2-14-7-8-23-11-18(14)25/h3-4,10,14,17-18,23H,1-2,5-9,11-12H2,(H,24,27,28). The van der Waals surface area contributed by atoms with Crippen LogP contribution >= 0.6 is 0 Å². The molecule has 1 aromatic rings. The lowest BCUT2D eigenvalue weighted by Crippen LogP contribution is -2.54. The molecule has 0 bridgehead atoms. The molecule has 2 N–H and O–H groups in total. The van der Waals surface area contributed by atoms with Crippen molar-refractivity contribution in [1.29, 1.82) is 0 Å². The summed E-state index contributed by atoms with van der Waals surface area (Å²) in [6.07, 6.45) is 3.97. The number of likely N-dealkylation sites (tertiary alicyclic amines) is 1. The van der Waals surface area contributed by atoms with Crippen molar-refractivity contribution in [3.63, 3.8) is 0 Å². The zero-order valence-corrected chi connectivity index (χ0v) is 16.9. The van der Waals surface area contributed by atoms with Crippen molar-refractivity contribution in [3.05, 3.63) is 34.9 Å². The first-order valence-corrected chi connectivity index (χ1v) is 10.8. The highest BCUT2D eigenvalue weighted by Gasteiger charge is 2.44. The van der Waals surface area contributed by atoms with Gasteiger partial charge >= 0.3 is 0 Å². The maximum absolute atomic E-state index is 13.0. The largest absolute Gasteiger partial charge is 0.315 e. The molecule has 158 valence electrons. The van der Waals surface area contributed by atoms with Crippen molar-refractivity contribution in [2.45, 2.75) is 50.7 Å². The summed E-state index contributed by atoms with van der Waals surface area (Å²) in [5.74, 6) is -1.12. The Morgan fingerprint density at radius 1 is 1.00 bits per heavy atom. The van der Waals surface area contributed by atoms with Crippen LogP contribution < -0.4 is 10.6 Å². The summed E-state index contributed by atoms with van der Waals surface area (Å²) in [5, 5.41) is 5.72. The van der Waals surface area contributed by atoms with Crippen LogP contribution in [0.1, 0.15) is 58.4 Å². The second kappa shape index (κ2) is 7.59. The van der Waals surface area contributed by atoms with E-state index in [4.69, 9.17) is 0 Å². The quantitative estimate of drug-likeness (QED) is 0.711. The fourth-order valence-electron chi connectivity index (χ4n) is 5.43. The Kier molecular flexibility index (Phi) is 4.91. The normalized spacial score (nSPS) is 29.6. The fraction of sp³-hybridized carbons (Fsp3) is 0.545. The van der Waals surface area contributed by atoms with Crippen LogP contribution in [0.15, 0.2) is 18.2 Å². The number of nitrogens with one attached hydrogen (secondary N) is 2. The number of piperidine rings is 3. The lowest BCUT2D eigenvalue weighted by Gasteiger charge is -2.44. The third kappa shape index (κ3) is 3.24. The Hall–Kier alpha value is -2.58. The first-order valence-electron chi connectivity index (χ1n) is 10.8. The average Bonchev–Trinajstić information content (AvgIpc) is 2.99. The molecule has 0 radical (unpaired) electrons. The molecule has 0 aromatic heterocycles. The third-order valence-corrected chi connectivity index (χ3v) is 6.97. The van der Waals surface area contributed by atoms with Crippen LogP contribution in [0.3, 0.4) is 0 Å². The van der Waals surface area contributed by atoms with E-state index in [-0.39, 0.29) is 18.7 Å². The van der Waals surface area contributed by atoms with Gasteiger partial charge in [-0.2, -0.15) is 0 Å². The van der Waals surface area contributed by atoms with Crippen molar-refractivity contribution < 1.29 is 19.2 Å². The van der Waals surface area contributed by atoms with E-state index in [1.165, 1.54) is 19.3 Å². The summed E-state index contributed by atoms with van der Waals surface area (Å²) in [6.45, 7) is 3.86. The molecule has 0 saturated carbocycles. The Balaban J connectivity index is 1.36. The number of hydrogen-bond donors (Lipinski definition) is 2. The highest BCUT2D eigenvalue weighted by Crippen LogP contribution is 2.31. The lowest BCUT2D eigenvalue weighted by atomic mass is 9.84. The molecule has 3 fully saturated rings. The smallest absolute Gasteiger partial charge is 0.262 e. The van der Waals surface area contributed by atoms with E-state index in [0.717, 1.165) is 42.6 Å². The Bertz CT molecular complexity index is 928. The van der Waals surface area contributed by atoms with Crippen molar-refractivity contribution in [2.24, 2.45) is 5.92 Å². The summed E-state index contributed by atoms with van der Waals surface area (Å²) in [7, 11) is 0. The van der Waals surface area contributed by atoms with E-state index >= 15 is 0 Å². The molecule has 3 unspecified atom stereocenters. The number of carbonyl (C=O) groups is 4. The number of carbonyl (C=O) groups excluding carboxylic acids is 4. The van der Waals surface area contributed by atoms with Gasteiger partial charge in [0.15, 0.2) is 0 Å². The third-order valence-electron chi connectivity index (χ3n) is 6.97. The number of benzene rings is 1. The number of hydrogen-bond acceptors (Lipinski definition) is 6. The predicted octanol–water partition coefficient (Wildman–Crippen LogP) is 0.662. The Morgan fingerprint density at radius 2 is 1.83 bits per heavy atom. The lowest BCUT2D eigenvalue weighted by molar-refractivity contribution is -0.136. The molecule has 4 amide bonds. The maximum atomic E-state index is 13.0. The molecule has 0 aliphatic carbocycles. The summed E-state index contributed by atoms with van der Waals surface area (Å²) in [5.41, 5.74) is 1.70. The van der Waals surface area contributed by atoms with E-state index in [0.29, 0.717) is 17.2 Å². The predicted molar refractivity (Wildman–Crippen MR) is 108 cm³/mol. The monoisotopic (exact) mass is 410 g/mol. The highest BCUT2D eigenvalue weighted by molar-refractivity contribution is 6.23. The van der Waals surface area contributed by atoms with E-state index in [9.17, 15) is 19.2 Å². The van der Waals surface area contributed by atoms with Gasteiger partial charge in [-0.15, -0.1) is 0 Å². The first kappa shape index (κ1) is 19.4. The van der Waals surface area contributed by atoms with E-state index in [2.05, 4.69) is 15.5 Å². The molecule has 3 atom stereocenters. The minimum atomic E-state index is -0.922. The molecule has 8 heteroatoms. The molecule has 4 heterocycles. The van der Waals surface area contributed by atoms with Gasteiger partial charge < -0.3 is 5.32 Å². The molecule has 4 aliphatic heterocycles. The van der Waals surface area contributed by atoms with Crippen molar-refractivity contribution in [2.75, 3.05) is 19.6 Å². The zero-order chi connectivity index (χ0) is 20.8. The molecule has 5 rings (SSSR count). The van der Waals surface area contributed by atoms with Crippen LogP contribution in [-0.2, 0) is 16.1 Å². The van der Waals surface area contributed by atoms with Crippen molar-refractivity contribution in [3.8, 4) is 0 Å². The Morgan fingerprint density at radius 3 is 2.67 bits per heavy atom. The number of fused-ring (bicyclic) bond motifs is 2. The molecule has 0 spiro atoms. The maximum Gasteiger partial charge on any atom is 0.262 e. The summed E-state index contributed by atoms with van der Waals surface area (Å²) >= 11 is 0. The SMILES string of the molecule is O=C1CCC(N2C(=O)c3ccc(CN4CCCC5CCNCC54)cc3C2=O)C(=O)N1. The highest BCUT2D eigenvalue weighted by atomic mass is 16.2. The number of amides is 4. The first-order chi connectivity index (χ1) is 14.5. The molecule has 30 heavy (non-hydrogen) atoms. The van der Waals surface area contributed by atoms with Crippen molar-refractivity contribution >= 4 is 23.6 Å². The summed E-state index contributed by atoms with van der Waals surface area (Å²) < 4.78 is 0. The van der Waals surface area contributed by atoms with Gasteiger partial charge in [0.05, 0.1) is 11.1 Å². The minimum Gasteiger partial charge on any atom is -0.315 e. The van der Waals surface area contributed by atoms with Gasteiger partial charge in [0.1, 0.15) is 6.04 Å². The van der Waals surface area contributed by atoms with Crippen LogP contribution in [-0.4, -0.2) is 65.1 Å². The van der Waals surface area contributed by atoms with Gasteiger partial charge in [-0.25, -0.2) is 0 Å². The number of nitrogens with zero attached hydrogens (tertiary/aromatic N) is 2. The number of rotatable bonds is 3. The van der Waals surface area contributed by atoms with Crippen LogP contribution in [0.25, 0.3) is 0 Å². The van der Waals surface area contributed by atoms with E-state index in [1.54, 1.807) is 12.1 Å². The Labute approximate surface area is 175 Å². The van der Waals surface area contributed by atoms with Gasteiger partial charge in [0.2, 0.25) is 11.8 Å². The van der Waals surface area contributed by atoms with Gasteiger partial charge in [0, 0.05) is 25.6 Å². The van der Waals surface area contributed by atoms with Crippen LogP contribution in [0.4, 0.5) is 0 Å². The van der Waals surface area contributed by atoms with Crippen LogP contribution in [0, 0.1) is 5.92 Å². The fourth-order valence-corrected chi connectivity index (χ4v) is 5.43. The van der Waals surface area contributed by atoms with E-state index in [1.807, 2.05) is 6.07 Å². The molecule has 8 nitrogen and oxygen atoms in total. The van der Waals surface area contributed by atoms with Gasteiger partial charge in [-0.3, -0.25) is 34.3 Å². The number of imide groups is 2. The second-order valence-corrected chi connectivity index (χ2v) is 8.76. The van der Waals surface area contributed by atoms with Gasteiger partial charge in [0.25, 0.3) is 11.8 Å². The van der Waals surface area contributed by atoms with Crippen LogP contribution in [0.5, 0.6) is 0 Å².